The summed E-state index contributed by atoms with van der Waals surface area (Å²) >= 11 is 0. The molecule has 1 aromatic carbocycles. The Morgan fingerprint density at radius 1 is 1.25 bits per heavy atom. The van der Waals surface area contributed by atoms with Crippen molar-refractivity contribution in [3.8, 4) is 0 Å². The largest absolute Gasteiger partial charge is 0.375 e. The third-order valence-electron chi connectivity index (χ3n) is 5.92. The minimum Gasteiger partial charge on any atom is -0.375 e. The lowest BCUT2D eigenvalue weighted by atomic mass is 9.81. The number of benzene rings is 1. The van der Waals surface area contributed by atoms with Crippen LogP contribution in [0.25, 0.3) is 10.9 Å². The number of likely N-dealkylation sites (tertiary alicyclic amines) is 1. The van der Waals surface area contributed by atoms with E-state index in [1.165, 1.54) is 0 Å². The van der Waals surface area contributed by atoms with E-state index in [0.29, 0.717) is 32.2 Å². The maximum atomic E-state index is 13.0. The van der Waals surface area contributed by atoms with Gasteiger partial charge >= 0.3 is 0 Å². The molecule has 2 aromatic heterocycles. The van der Waals surface area contributed by atoms with E-state index in [-0.39, 0.29) is 11.5 Å². The van der Waals surface area contributed by atoms with E-state index in [2.05, 4.69) is 9.97 Å². The van der Waals surface area contributed by atoms with E-state index < -0.39 is 0 Å². The van der Waals surface area contributed by atoms with Crippen LogP contribution in [0.4, 0.5) is 0 Å². The first-order valence-electron chi connectivity index (χ1n) is 9.72. The smallest absolute Gasteiger partial charge is 0.256 e. The van der Waals surface area contributed by atoms with Crippen LogP contribution in [0, 0.1) is 5.92 Å². The fraction of sp³-hybridized carbons (Fsp3) is 0.364. The molecule has 1 spiro atoms. The summed E-state index contributed by atoms with van der Waals surface area (Å²) in [5, 5.41) is 0.969. The number of para-hydroxylation sites is 1. The molecule has 6 nitrogen and oxygen atoms in total. The number of aromatic nitrogens is 2. The van der Waals surface area contributed by atoms with Gasteiger partial charge in [0.1, 0.15) is 5.60 Å². The molecule has 3 aromatic rings. The van der Waals surface area contributed by atoms with E-state index in [1.54, 1.807) is 12.4 Å². The van der Waals surface area contributed by atoms with Gasteiger partial charge in [-0.15, -0.1) is 0 Å². The molecule has 144 valence electrons. The molecule has 1 atom stereocenters. The Hall–Kier alpha value is -2.70. The highest BCUT2D eigenvalue weighted by molar-refractivity contribution is 6.07. The standard InChI is InChI=1S/C22H23N3O3/c26-21(19-11-24-20-7-2-1-6-18(19)20)25-14-22(15-25)16(8-10-28-22)12-27-13-17-5-3-4-9-23-17/h1-7,9,11,16,24H,8,10,12-15H2. The zero-order valence-corrected chi connectivity index (χ0v) is 15.6. The molecule has 0 aliphatic carbocycles. The predicted molar refractivity (Wildman–Crippen MR) is 105 cm³/mol. The van der Waals surface area contributed by atoms with Gasteiger partial charge in [-0.05, 0) is 24.6 Å². The van der Waals surface area contributed by atoms with Gasteiger partial charge in [-0.1, -0.05) is 24.3 Å². The van der Waals surface area contributed by atoms with Crippen molar-refractivity contribution < 1.29 is 14.3 Å². The number of ether oxygens (including phenoxy) is 2. The van der Waals surface area contributed by atoms with Crippen molar-refractivity contribution in [2.75, 3.05) is 26.3 Å². The Kier molecular flexibility index (Phi) is 4.37. The van der Waals surface area contributed by atoms with E-state index in [1.807, 2.05) is 47.4 Å². The summed E-state index contributed by atoms with van der Waals surface area (Å²) in [5.74, 6) is 0.370. The molecule has 5 rings (SSSR count). The fourth-order valence-electron chi connectivity index (χ4n) is 4.32. The highest BCUT2D eigenvalue weighted by Gasteiger charge is 2.54. The normalized spacial score (nSPS) is 20.6. The molecule has 28 heavy (non-hydrogen) atoms. The number of hydrogen-bond donors (Lipinski definition) is 1. The number of H-pyrrole nitrogens is 1. The monoisotopic (exact) mass is 377 g/mol. The van der Waals surface area contributed by atoms with Gasteiger partial charge in [-0.3, -0.25) is 9.78 Å². The van der Waals surface area contributed by atoms with Gasteiger partial charge in [-0.2, -0.15) is 0 Å². The maximum absolute atomic E-state index is 13.0. The summed E-state index contributed by atoms with van der Waals surface area (Å²) in [4.78, 5) is 22.3. The molecule has 1 unspecified atom stereocenters. The first-order valence-corrected chi connectivity index (χ1v) is 9.72. The molecule has 2 saturated heterocycles. The van der Waals surface area contributed by atoms with Crippen LogP contribution in [0.15, 0.2) is 54.9 Å². The molecule has 1 N–H and O–H groups in total. The summed E-state index contributed by atoms with van der Waals surface area (Å²) in [5.41, 5.74) is 2.39. The molecule has 4 heterocycles. The van der Waals surface area contributed by atoms with Gasteiger partial charge < -0.3 is 19.4 Å². The van der Waals surface area contributed by atoms with Crippen molar-refractivity contribution in [2.45, 2.75) is 18.6 Å². The van der Waals surface area contributed by atoms with Crippen LogP contribution >= 0.6 is 0 Å². The van der Waals surface area contributed by atoms with Crippen LogP contribution in [0.3, 0.4) is 0 Å². The third kappa shape index (κ3) is 2.99. The zero-order valence-electron chi connectivity index (χ0n) is 15.6. The second-order valence-corrected chi connectivity index (χ2v) is 7.64. The number of rotatable bonds is 5. The summed E-state index contributed by atoms with van der Waals surface area (Å²) < 4.78 is 12.0. The van der Waals surface area contributed by atoms with Gasteiger partial charge in [0, 0.05) is 35.8 Å². The van der Waals surface area contributed by atoms with Crippen molar-refractivity contribution >= 4 is 16.8 Å². The molecular weight excluding hydrogens is 354 g/mol. The third-order valence-corrected chi connectivity index (χ3v) is 5.92. The fourth-order valence-corrected chi connectivity index (χ4v) is 4.32. The van der Waals surface area contributed by atoms with Crippen LogP contribution in [0.2, 0.25) is 0 Å². The number of carbonyl (C=O) groups is 1. The maximum Gasteiger partial charge on any atom is 0.256 e. The van der Waals surface area contributed by atoms with Crippen LogP contribution in [0.1, 0.15) is 22.5 Å². The van der Waals surface area contributed by atoms with Crippen molar-refractivity contribution in [2.24, 2.45) is 5.92 Å². The molecule has 0 saturated carbocycles. The number of aromatic amines is 1. The number of hydrogen-bond acceptors (Lipinski definition) is 4. The lowest BCUT2D eigenvalue weighted by Crippen LogP contribution is -2.66. The topological polar surface area (TPSA) is 67.5 Å². The van der Waals surface area contributed by atoms with Crippen LogP contribution in [-0.4, -0.2) is 52.7 Å². The van der Waals surface area contributed by atoms with Gasteiger partial charge in [0.25, 0.3) is 5.91 Å². The van der Waals surface area contributed by atoms with Gasteiger partial charge in [0.2, 0.25) is 0 Å². The molecule has 0 bridgehead atoms. The van der Waals surface area contributed by atoms with E-state index in [4.69, 9.17) is 9.47 Å². The van der Waals surface area contributed by atoms with Gasteiger partial charge in [-0.25, -0.2) is 0 Å². The number of nitrogens with one attached hydrogen (secondary N) is 1. The Morgan fingerprint density at radius 3 is 2.96 bits per heavy atom. The quantitative estimate of drug-likeness (QED) is 0.742. The van der Waals surface area contributed by atoms with E-state index in [9.17, 15) is 4.79 Å². The summed E-state index contributed by atoms with van der Waals surface area (Å²) in [6.45, 7) is 3.12. The SMILES string of the molecule is O=C(c1c[nH]c2ccccc12)N1CC2(C1)OCCC2COCc1ccccn1. The lowest BCUT2D eigenvalue weighted by molar-refractivity contribution is -0.129. The average molecular weight is 377 g/mol. The molecule has 0 radical (unpaired) electrons. The Bertz CT molecular complexity index is 979. The summed E-state index contributed by atoms with van der Waals surface area (Å²) in [6, 6.07) is 13.7. The van der Waals surface area contributed by atoms with Crippen LogP contribution < -0.4 is 0 Å². The molecule has 2 aliphatic rings. The van der Waals surface area contributed by atoms with Crippen molar-refractivity contribution in [1.29, 1.82) is 0 Å². The Labute approximate surface area is 163 Å². The molecule has 6 heteroatoms. The average Bonchev–Trinajstić information content (AvgIpc) is 3.32. The highest BCUT2D eigenvalue weighted by Crippen LogP contribution is 2.41. The first-order chi connectivity index (χ1) is 13.8. The number of carbonyl (C=O) groups excluding carboxylic acids is 1. The molecule has 2 fully saturated rings. The minimum absolute atomic E-state index is 0.0618. The van der Waals surface area contributed by atoms with E-state index >= 15 is 0 Å². The zero-order chi connectivity index (χ0) is 19.0. The number of pyridine rings is 1. The summed E-state index contributed by atoms with van der Waals surface area (Å²) in [6.07, 6.45) is 4.55. The summed E-state index contributed by atoms with van der Waals surface area (Å²) in [7, 11) is 0. The lowest BCUT2D eigenvalue weighted by Gasteiger charge is -2.50. The van der Waals surface area contributed by atoms with Crippen LogP contribution in [0.5, 0.6) is 0 Å². The molecule has 2 aliphatic heterocycles. The van der Waals surface area contributed by atoms with Crippen molar-refractivity contribution in [1.82, 2.24) is 14.9 Å². The van der Waals surface area contributed by atoms with Gasteiger partial charge in [0.05, 0.1) is 37.6 Å². The minimum atomic E-state index is -0.258. The highest BCUT2D eigenvalue weighted by atomic mass is 16.5. The van der Waals surface area contributed by atoms with E-state index in [0.717, 1.165) is 35.2 Å². The molecular formula is C22H23N3O3. The number of amides is 1. The molecule has 1 amide bonds. The van der Waals surface area contributed by atoms with Crippen LogP contribution in [-0.2, 0) is 16.1 Å². The number of fused-ring (bicyclic) bond motifs is 1. The second kappa shape index (κ2) is 7.04. The van der Waals surface area contributed by atoms with Gasteiger partial charge in [0.15, 0.2) is 0 Å². The first kappa shape index (κ1) is 17.4. The Morgan fingerprint density at radius 2 is 2.11 bits per heavy atom. The number of nitrogens with zero attached hydrogens (tertiary/aromatic N) is 2. The predicted octanol–water partition coefficient (Wildman–Crippen LogP) is 3.01. The van der Waals surface area contributed by atoms with Crippen molar-refractivity contribution in [3.05, 3.63) is 66.1 Å². The van der Waals surface area contributed by atoms with Crippen molar-refractivity contribution in [3.63, 3.8) is 0 Å². The second-order valence-electron chi connectivity index (χ2n) is 7.64. The Balaban J connectivity index is 1.21.